The third-order valence-corrected chi connectivity index (χ3v) is 6.58. The van der Waals surface area contributed by atoms with Crippen molar-refractivity contribution < 1.29 is 0 Å². The van der Waals surface area contributed by atoms with Crippen LogP contribution >= 0.6 is 0 Å². The summed E-state index contributed by atoms with van der Waals surface area (Å²) >= 11 is 0. The first-order chi connectivity index (χ1) is 12.4. The zero-order valence-electron chi connectivity index (χ0n) is 19.6. The minimum absolute atomic E-state index is 0.834. The van der Waals surface area contributed by atoms with E-state index in [-0.39, 0.29) is 0 Å². The van der Waals surface area contributed by atoms with E-state index < -0.39 is 0 Å². The lowest BCUT2D eigenvalue weighted by molar-refractivity contribution is 0.266. The van der Waals surface area contributed by atoms with Gasteiger partial charge < -0.3 is 5.32 Å². The highest BCUT2D eigenvalue weighted by Crippen LogP contribution is 2.30. The predicted octanol–water partition coefficient (Wildman–Crippen LogP) is 8.09. The molecule has 0 saturated heterocycles. The second-order valence-electron chi connectivity index (χ2n) is 9.55. The molecule has 0 aromatic heterocycles. The molecule has 0 aromatic carbocycles. The molecule has 0 amide bonds. The van der Waals surface area contributed by atoms with Crippen LogP contribution in [-0.4, -0.2) is 13.1 Å². The van der Waals surface area contributed by atoms with E-state index in [2.05, 4.69) is 53.8 Å². The highest BCUT2D eigenvalue weighted by molar-refractivity contribution is 4.69. The first-order valence-corrected chi connectivity index (χ1v) is 12.1. The molecule has 1 nitrogen and oxygen atoms in total. The first kappa shape index (κ1) is 26.0. The molecular formula is C25H53N. The highest BCUT2D eigenvalue weighted by atomic mass is 14.8. The lowest BCUT2D eigenvalue weighted by atomic mass is 9.81. The second kappa shape index (κ2) is 17.1. The molecule has 0 aromatic rings. The molecule has 0 fully saturated rings. The van der Waals surface area contributed by atoms with Crippen molar-refractivity contribution in [2.45, 2.75) is 119 Å². The van der Waals surface area contributed by atoms with Crippen LogP contribution in [-0.2, 0) is 0 Å². The van der Waals surface area contributed by atoms with Crippen LogP contribution in [0.2, 0.25) is 0 Å². The molecule has 1 heteroatoms. The largest absolute Gasteiger partial charge is 0.317 e. The number of hydrogen-bond acceptors (Lipinski definition) is 1. The van der Waals surface area contributed by atoms with Gasteiger partial charge in [0.1, 0.15) is 0 Å². The van der Waals surface area contributed by atoms with Crippen molar-refractivity contribution in [3.63, 3.8) is 0 Å². The summed E-state index contributed by atoms with van der Waals surface area (Å²) in [5, 5.41) is 3.57. The Kier molecular flexibility index (Phi) is 17.1. The fourth-order valence-electron chi connectivity index (χ4n) is 4.18. The van der Waals surface area contributed by atoms with Crippen LogP contribution in [0, 0.1) is 29.6 Å². The summed E-state index contributed by atoms with van der Waals surface area (Å²) in [5.41, 5.74) is 0. The molecule has 4 unspecified atom stereocenters. The van der Waals surface area contributed by atoms with E-state index in [1.54, 1.807) is 0 Å². The van der Waals surface area contributed by atoms with Gasteiger partial charge in [0.2, 0.25) is 0 Å². The molecule has 0 rings (SSSR count). The Bertz CT molecular complexity index is 286. The highest BCUT2D eigenvalue weighted by Gasteiger charge is 2.17. The smallest absolute Gasteiger partial charge is 0.00488 e. The van der Waals surface area contributed by atoms with Crippen LogP contribution in [0.3, 0.4) is 0 Å². The van der Waals surface area contributed by atoms with E-state index in [9.17, 15) is 0 Å². The quantitative estimate of drug-likeness (QED) is 0.241. The number of unbranched alkanes of at least 4 members (excludes halogenated alkanes) is 1. The minimum Gasteiger partial charge on any atom is -0.317 e. The summed E-state index contributed by atoms with van der Waals surface area (Å²) in [6.45, 7) is 19.1. The van der Waals surface area contributed by atoms with E-state index in [0.29, 0.717) is 0 Å². The van der Waals surface area contributed by atoms with Gasteiger partial charge in [-0.2, -0.15) is 0 Å². The maximum absolute atomic E-state index is 3.57. The van der Waals surface area contributed by atoms with E-state index in [4.69, 9.17) is 0 Å². The second-order valence-corrected chi connectivity index (χ2v) is 9.55. The monoisotopic (exact) mass is 367 g/mol. The minimum atomic E-state index is 0.834. The van der Waals surface area contributed by atoms with Gasteiger partial charge >= 0.3 is 0 Å². The average molecular weight is 368 g/mol. The molecule has 1 N–H and O–H groups in total. The standard InChI is InChI=1S/C25H53N/c1-8-11-13-25(14-12-18-26-17-9-2)19-22(6)15-16-24(10-3)20-23(7)21(4)5/h21-26H,8-20H2,1-7H3. The van der Waals surface area contributed by atoms with Crippen molar-refractivity contribution in [1.29, 1.82) is 0 Å². The van der Waals surface area contributed by atoms with Gasteiger partial charge in [0.05, 0.1) is 0 Å². The topological polar surface area (TPSA) is 12.0 Å². The number of nitrogens with one attached hydrogen (secondary N) is 1. The third-order valence-electron chi connectivity index (χ3n) is 6.58. The van der Waals surface area contributed by atoms with Gasteiger partial charge in [-0.15, -0.1) is 0 Å². The fraction of sp³-hybridized carbons (Fsp3) is 1.00. The van der Waals surface area contributed by atoms with Crippen LogP contribution in [0.15, 0.2) is 0 Å². The van der Waals surface area contributed by atoms with Crippen molar-refractivity contribution in [2.75, 3.05) is 13.1 Å². The van der Waals surface area contributed by atoms with Gasteiger partial charge in [0, 0.05) is 0 Å². The van der Waals surface area contributed by atoms with Crippen LogP contribution in [0.1, 0.15) is 119 Å². The SMILES string of the molecule is CCCCC(CCCNCCC)CC(C)CCC(CC)CC(C)C(C)C. The van der Waals surface area contributed by atoms with Gasteiger partial charge in [0.25, 0.3) is 0 Å². The van der Waals surface area contributed by atoms with Gasteiger partial charge in [0.15, 0.2) is 0 Å². The first-order valence-electron chi connectivity index (χ1n) is 12.1. The summed E-state index contributed by atoms with van der Waals surface area (Å²) in [6.07, 6.45) is 15.4. The maximum Gasteiger partial charge on any atom is -0.00488 e. The molecule has 0 saturated carbocycles. The van der Waals surface area contributed by atoms with Gasteiger partial charge in [-0.25, -0.2) is 0 Å². The van der Waals surface area contributed by atoms with Gasteiger partial charge in [-0.1, -0.05) is 87.0 Å². The Morgan fingerprint density at radius 3 is 1.92 bits per heavy atom. The molecule has 26 heavy (non-hydrogen) atoms. The molecule has 158 valence electrons. The zero-order valence-corrected chi connectivity index (χ0v) is 19.6. The maximum atomic E-state index is 3.57. The molecule has 0 aliphatic rings. The molecule has 0 aliphatic heterocycles. The Hall–Kier alpha value is -0.0400. The molecule has 0 radical (unpaired) electrons. The summed E-state index contributed by atoms with van der Waals surface area (Å²) in [5.74, 6) is 4.53. The van der Waals surface area contributed by atoms with Crippen molar-refractivity contribution >= 4 is 0 Å². The normalized spacial score (nSPS) is 16.6. The lowest BCUT2D eigenvalue weighted by Crippen LogP contribution is -2.17. The average Bonchev–Trinajstić information content (AvgIpc) is 2.62. The van der Waals surface area contributed by atoms with Crippen LogP contribution in [0.25, 0.3) is 0 Å². The Balaban J connectivity index is 4.20. The van der Waals surface area contributed by atoms with Crippen molar-refractivity contribution in [3.05, 3.63) is 0 Å². The Morgan fingerprint density at radius 1 is 0.654 bits per heavy atom. The summed E-state index contributed by atoms with van der Waals surface area (Å²) < 4.78 is 0. The summed E-state index contributed by atoms with van der Waals surface area (Å²) in [6, 6.07) is 0. The molecular weight excluding hydrogens is 314 g/mol. The number of hydrogen-bond donors (Lipinski definition) is 1. The van der Waals surface area contributed by atoms with Gasteiger partial charge in [-0.05, 0) is 74.8 Å². The van der Waals surface area contributed by atoms with Crippen molar-refractivity contribution in [1.82, 2.24) is 5.32 Å². The van der Waals surface area contributed by atoms with E-state index in [1.807, 2.05) is 0 Å². The summed E-state index contributed by atoms with van der Waals surface area (Å²) in [7, 11) is 0. The Morgan fingerprint density at radius 2 is 1.35 bits per heavy atom. The third kappa shape index (κ3) is 14.1. The van der Waals surface area contributed by atoms with Crippen molar-refractivity contribution in [2.24, 2.45) is 29.6 Å². The van der Waals surface area contributed by atoms with Crippen LogP contribution in [0.5, 0.6) is 0 Å². The van der Waals surface area contributed by atoms with Gasteiger partial charge in [-0.3, -0.25) is 0 Å². The molecule has 0 bridgehead atoms. The van der Waals surface area contributed by atoms with Crippen LogP contribution in [0.4, 0.5) is 0 Å². The fourth-order valence-corrected chi connectivity index (χ4v) is 4.18. The molecule has 0 heterocycles. The van der Waals surface area contributed by atoms with E-state index in [0.717, 1.165) is 29.6 Å². The zero-order chi connectivity index (χ0) is 19.8. The molecule has 0 spiro atoms. The molecule has 0 aliphatic carbocycles. The predicted molar refractivity (Wildman–Crippen MR) is 121 cm³/mol. The van der Waals surface area contributed by atoms with E-state index in [1.165, 1.54) is 83.7 Å². The van der Waals surface area contributed by atoms with Crippen LogP contribution < -0.4 is 5.32 Å². The Labute approximate surface area is 167 Å². The molecule has 4 atom stereocenters. The lowest BCUT2D eigenvalue weighted by Gasteiger charge is -2.25. The summed E-state index contributed by atoms with van der Waals surface area (Å²) in [4.78, 5) is 0. The number of rotatable bonds is 18. The van der Waals surface area contributed by atoms with E-state index >= 15 is 0 Å². The van der Waals surface area contributed by atoms with Crippen molar-refractivity contribution in [3.8, 4) is 0 Å².